The zero-order valence-electron chi connectivity index (χ0n) is 11.9. The molecule has 0 saturated carbocycles. The summed E-state index contributed by atoms with van der Waals surface area (Å²) in [6.45, 7) is 1.61. The minimum Gasteiger partial charge on any atom is -0.496 e. The number of hydrogen-bond acceptors (Lipinski definition) is 3. The minimum absolute atomic E-state index is 0.199. The number of aliphatic hydroxyl groups excluding tert-OH is 1. The van der Waals surface area contributed by atoms with Crippen LogP contribution in [0.3, 0.4) is 0 Å². The predicted octanol–water partition coefficient (Wildman–Crippen LogP) is 3.94. The van der Waals surface area contributed by atoms with Crippen LogP contribution in [0.2, 0.25) is 5.02 Å². The van der Waals surface area contributed by atoms with Crippen molar-refractivity contribution >= 4 is 17.3 Å². The summed E-state index contributed by atoms with van der Waals surface area (Å²) >= 11 is 6.21. The fourth-order valence-electron chi connectivity index (χ4n) is 2.26. The van der Waals surface area contributed by atoms with Gasteiger partial charge in [-0.3, -0.25) is 0 Å². The second kappa shape index (κ2) is 6.78. The Balaban J connectivity index is 2.36. The molecule has 0 fully saturated rings. The normalized spacial score (nSPS) is 12.0. The molecule has 2 rings (SSSR count). The Bertz CT molecular complexity index is 613. The Morgan fingerprint density at radius 1 is 1.33 bits per heavy atom. The zero-order valence-corrected chi connectivity index (χ0v) is 12.6. The standard InChI is InChI=1S/C16H17ClFNO2/c1-10-6-11(18)8-12(7-10)19-14(9-20)16-13(17)4-3-5-15(16)21-2/h3-8,14,19-20H,9H2,1-2H3. The smallest absolute Gasteiger partial charge is 0.125 e. The minimum atomic E-state index is -0.491. The third-order valence-corrected chi connectivity index (χ3v) is 3.48. The van der Waals surface area contributed by atoms with Crippen molar-refractivity contribution in [3.8, 4) is 5.75 Å². The monoisotopic (exact) mass is 309 g/mol. The van der Waals surface area contributed by atoms with E-state index in [4.69, 9.17) is 16.3 Å². The molecular formula is C16H17ClFNO2. The average molecular weight is 310 g/mol. The Labute approximate surface area is 128 Å². The highest BCUT2D eigenvalue weighted by Crippen LogP contribution is 2.34. The number of anilines is 1. The molecule has 2 aromatic carbocycles. The number of aryl methyl sites for hydroxylation is 1. The van der Waals surface area contributed by atoms with Crippen LogP contribution < -0.4 is 10.1 Å². The fourth-order valence-corrected chi connectivity index (χ4v) is 2.56. The molecule has 0 aliphatic carbocycles. The van der Waals surface area contributed by atoms with E-state index in [1.807, 2.05) is 0 Å². The van der Waals surface area contributed by atoms with Gasteiger partial charge in [-0.2, -0.15) is 0 Å². The first kappa shape index (κ1) is 15.6. The molecule has 0 amide bonds. The van der Waals surface area contributed by atoms with Crippen LogP contribution in [0, 0.1) is 12.7 Å². The number of nitrogens with one attached hydrogen (secondary N) is 1. The van der Waals surface area contributed by atoms with Gasteiger partial charge in [0.05, 0.1) is 19.8 Å². The maximum absolute atomic E-state index is 13.5. The summed E-state index contributed by atoms with van der Waals surface area (Å²) in [5, 5.41) is 13.2. The molecule has 112 valence electrons. The van der Waals surface area contributed by atoms with Crippen molar-refractivity contribution in [1.82, 2.24) is 0 Å². The van der Waals surface area contributed by atoms with Gasteiger partial charge in [0.1, 0.15) is 11.6 Å². The van der Waals surface area contributed by atoms with Crippen LogP contribution in [0.4, 0.5) is 10.1 Å². The van der Waals surface area contributed by atoms with Crippen LogP contribution in [0.5, 0.6) is 5.75 Å². The van der Waals surface area contributed by atoms with Gasteiger partial charge in [0, 0.05) is 16.3 Å². The Kier molecular flexibility index (Phi) is 5.04. The molecule has 0 aliphatic heterocycles. The lowest BCUT2D eigenvalue weighted by molar-refractivity contribution is 0.273. The van der Waals surface area contributed by atoms with Crippen molar-refractivity contribution in [3.63, 3.8) is 0 Å². The molecule has 3 nitrogen and oxygen atoms in total. The topological polar surface area (TPSA) is 41.5 Å². The second-order valence-electron chi connectivity index (χ2n) is 4.75. The average Bonchev–Trinajstić information content (AvgIpc) is 2.44. The summed E-state index contributed by atoms with van der Waals surface area (Å²) in [6.07, 6.45) is 0. The number of benzene rings is 2. The molecule has 0 saturated heterocycles. The van der Waals surface area contributed by atoms with E-state index < -0.39 is 6.04 Å². The van der Waals surface area contributed by atoms with Crippen molar-refractivity contribution < 1.29 is 14.2 Å². The molecule has 2 aromatic rings. The third-order valence-electron chi connectivity index (χ3n) is 3.15. The van der Waals surface area contributed by atoms with Crippen molar-refractivity contribution in [1.29, 1.82) is 0 Å². The lowest BCUT2D eigenvalue weighted by Gasteiger charge is -2.22. The van der Waals surface area contributed by atoms with E-state index in [1.54, 1.807) is 31.2 Å². The van der Waals surface area contributed by atoms with Gasteiger partial charge in [0.15, 0.2) is 0 Å². The highest BCUT2D eigenvalue weighted by atomic mass is 35.5. The second-order valence-corrected chi connectivity index (χ2v) is 5.16. The van der Waals surface area contributed by atoms with E-state index in [0.29, 0.717) is 22.0 Å². The number of rotatable bonds is 5. The molecule has 0 radical (unpaired) electrons. The van der Waals surface area contributed by atoms with Gasteiger partial charge in [-0.25, -0.2) is 4.39 Å². The first-order valence-corrected chi connectivity index (χ1v) is 6.90. The van der Waals surface area contributed by atoms with Gasteiger partial charge >= 0.3 is 0 Å². The van der Waals surface area contributed by atoms with E-state index in [0.717, 1.165) is 5.56 Å². The SMILES string of the molecule is COc1cccc(Cl)c1C(CO)Nc1cc(C)cc(F)c1. The number of methoxy groups -OCH3 is 1. The van der Waals surface area contributed by atoms with Gasteiger partial charge in [0.2, 0.25) is 0 Å². The lowest BCUT2D eigenvalue weighted by Crippen LogP contribution is -2.16. The maximum atomic E-state index is 13.5. The molecule has 5 heteroatoms. The molecule has 0 spiro atoms. The summed E-state index contributed by atoms with van der Waals surface area (Å²) in [6, 6.07) is 9.38. The number of ether oxygens (including phenoxy) is 1. The van der Waals surface area contributed by atoms with Crippen LogP contribution >= 0.6 is 11.6 Å². The molecule has 1 unspecified atom stereocenters. The van der Waals surface area contributed by atoms with Crippen LogP contribution in [0.1, 0.15) is 17.2 Å². The number of aliphatic hydroxyl groups is 1. The Morgan fingerprint density at radius 3 is 2.71 bits per heavy atom. The van der Waals surface area contributed by atoms with Gasteiger partial charge in [-0.05, 0) is 42.8 Å². The maximum Gasteiger partial charge on any atom is 0.125 e. The number of hydrogen-bond donors (Lipinski definition) is 2. The van der Waals surface area contributed by atoms with Crippen molar-refractivity contribution in [2.45, 2.75) is 13.0 Å². The summed E-state index contributed by atoms with van der Waals surface area (Å²) < 4.78 is 18.7. The van der Waals surface area contributed by atoms with Gasteiger partial charge in [-0.15, -0.1) is 0 Å². The van der Waals surface area contributed by atoms with Crippen LogP contribution in [-0.4, -0.2) is 18.8 Å². The zero-order chi connectivity index (χ0) is 15.4. The van der Waals surface area contributed by atoms with Crippen molar-refractivity contribution in [3.05, 3.63) is 58.4 Å². The van der Waals surface area contributed by atoms with Crippen LogP contribution in [-0.2, 0) is 0 Å². The highest BCUT2D eigenvalue weighted by Gasteiger charge is 2.19. The van der Waals surface area contributed by atoms with E-state index in [-0.39, 0.29) is 12.4 Å². The third kappa shape index (κ3) is 3.65. The molecule has 2 N–H and O–H groups in total. The fraction of sp³-hybridized carbons (Fsp3) is 0.250. The quantitative estimate of drug-likeness (QED) is 0.879. The van der Waals surface area contributed by atoms with E-state index in [2.05, 4.69) is 5.32 Å². The molecule has 1 atom stereocenters. The Morgan fingerprint density at radius 2 is 2.10 bits per heavy atom. The van der Waals surface area contributed by atoms with Crippen molar-refractivity contribution in [2.75, 3.05) is 19.0 Å². The number of halogens is 2. The molecule has 0 aromatic heterocycles. The molecule has 0 heterocycles. The highest BCUT2D eigenvalue weighted by molar-refractivity contribution is 6.31. The van der Waals surface area contributed by atoms with Gasteiger partial charge in [-0.1, -0.05) is 17.7 Å². The molecule has 0 aliphatic rings. The van der Waals surface area contributed by atoms with E-state index >= 15 is 0 Å². The van der Waals surface area contributed by atoms with Crippen LogP contribution in [0.25, 0.3) is 0 Å². The Hall–Kier alpha value is -1.78. The lowest BCUT2D eigenvalue weighted by atomic mass is 10.1. The summed E-state index contributed by atoms with van der Waals surface area (Å²) in [5.74, 6) is 0.238. The van der Waals surface area contributed by atoms with E-state index in [9.17, 15) is 9.50 Å². The predicted molar refractivity (Wildman–Crippen MR) is 82.6 cm³/mol. The van der Waals surface area contributed by atoms with Gasteiger partial charge in [0.25, 0.3) is 0 Å². The summed E-state index contributed by atoms with van der Waals surface area (Å²) in [4.78, 5) is 0. The molecule has 0 bridgehead atoms. The van der Waals surface area contributed by atoms with Crippen LogP contribution in [0.15, 0.2) is 36.4 Å². The first-order chi connectivity index (χ1) is 10.0. The first-order valence-electron chi connectivity index (χ1n) is 6.52. The van der Waals surface area contributed by atoms with Crippen molar-refractivity contribution in [2.24, 2.45) is 0 Å². The summed E-state index contributed by atoms with van der Waals surface area (Å²) in [5.41, 5.74) is 2.01. The van der Waals surface area contributed by atoms with Gasteiger partial charge < -0.3 is 15.2 Å². The van der Waals surface area contributed by atoms with E-state index in [1.165, 1.54) is 19.2 Å². The summed E-state index contributed by atoms with van der Waals surface area (Å²) in [7, 11) is 1.54. The largest absolute Gasteiger partial charge is 0.496 e. The molecular weight excluding hydrogens is 293 g/mol. The molecule has 21 heavy (non-hydrogen) atoms.